The van der Waals surface area contributed by atoms with Crippen LogP contribution in [0.1, 0.15) is 71.0 Å². The smallest absolute Gasteiger partial charge is 0.337 e. The number of hydrogen-bond acceptors (Lipinski definition) is 5. The highest BCUT2D eigenvalue weighted by Gasteiger charge is 2.36. The number of amides is 1. The first-order valence-electron chi connectivity index (χ1n) is 13.5. The molecule has 3 aliphatic rings. The molecule has 0 saturated heterocycles. The third-order valence-corrected chi connectivity index (χ3v) is 8.03. The van der Waals surface area contributed by atoms with Crippen LogP contribution in [0.4, 0.5) is 5.69 Å². The van der Waals surface area contributed by atoms with Crippen molar-refractivity contribution in [1.29, 1.82) is 0 Å². The number of carboxylic acid groups (broad SMARTS) is 1. The van der Waals surface area contributed by atoms with E-state index in [1.54, 1.807) is 18.2 Å². The Morgan fingerprint density at radius 3 is 2.53 bits per heavy atom. The van der Waals surface area contributed by atoms with E-state index in [1.807, 2.05) is 37.0 Å². The van der Waals surface area contributed by atoms with Crippen molar-refractivity contribution < 1.29 is 19.1 Å². The van der Waals surface area contributed by atoms with E-state index in [1.165, 1.54) is 0 Å². The largest absolute Gasteiger partial charge is 0.478 e. The fourth-order valence-electron chi connectivity index (χ4n) is 5.61. The third kappa shape index (κ3) is 4.51. The summed E-state index contributed by atoms with van der Waals surface area (Å²) in [5, 5.41) is 13.8. The maximum atomic E-state index is 13.6. The molecule has 0 unspecified atom stereocenters. The molecule has 0 radical (unpaired) electrons. The van der Waals surface area contributed by atoms with E-state index in [4.69, 9.17) is 4.42 Å². The van der Waals surface area contributed by atoms with Crippen LogP contribution < -0.4 is 10.7 Å². The molecule has 7 heteroatoms. The van der Waals surface area contributed by atoms with Crippen molar-refractivity contribution in [2.24, 2.45) is 11.8 Å². The van der Waals surface area contributed by atoms with Gasteiger partial charge in [-0.2, -0.15) is 0 Å². The third-order valence-electron chi connectivity index (χ3n) is 8.03. The minimum absolute atomic E-state index is 0.0518. The Balaban J connectivity index is 1.43. The van der Waals surface area contributed by atoms with E-state index in [9.17, 15) is 19.5 Å². The zero-order valence-corrected chi connectivity index (χ0v) is 21.8. The van der Waals surface area contributed by atoms with Crippen LogP contribution in [-0.4, -0.2) is 35.0 Å². The molecule has 2 fully saturated rings. The lowest BCUT2D eigenvalue weighted by molar-refractivity contribution is -0.132. The number of aryl methyl sites for hydroxylation is 1. The molecular weight excluding hydrogens is 480 g/mol. The molecule has 0 bridgehead atoms. The van der Waals surface area contributed by atoms with E-state index >= 15 is 0 Å². The number of rotatable bonds is 7. The van der Waals surface area contributed by atoms with Gasteiger partial charge in [0.1, 0.15) is 11.3 Å². The van der Waals surface area contributed by atoms with Crippen molar-refractivity contribution in [3.63, 3.8) is 0 Å². The Labute approximate surface area is 221 Å². The van der Waals surface area contributed by atoms with E-state index in [2.05, 4.69) is 11.4 Å². The molecular formula is C31H32N2O5. The standard InChI is InChI=1S/C31H32N2O5/c1-17-15-23(26(19-7-8-19)32-25-6-4-3-5-22(25)31(36)37)29-24(16-17)27(34)18(2)28(38-29)20-11-13-33(14-12-20)30(35)21-9-10-21/h3-6,11,15-16,19,21,26,32H,7-10,12-14H2,1-2H3,(H,36,37)/t26-/m1/s1. The van der Waals surface area contributed by atoms with Crippen molar-refractivity contribution in [3.8, 4) is 0 Å². The summed E-state index contributed by atoms with van der Waals surface area (Å²) in [5.74, 6) is 0.336. The molecule has 0 spiro atoms. The van der Waals surface area contributed by atoms with Crippen molar-refractivity contribution >= 4 is 34.1 Å². The lowest BCUT2D eigenvalue weighted by atomic mass is 9.94. The first-order valence-corrected chi connectivity index (χ1v) is 13.5. The molecule has 6 rings (SSSR count). The minimum atomic E-state index is -0.986. The van der Waals surface area contributed by atoms with Crippen LogP contribution in [0.3, 0.4) is 0 Å². The lowest BCUT2D eigenvalue weighted by Gasteiger charge is -2.27. The summed E-state index contributed by atoms with van der Waals surface area (Å²) in [4.78, 5) is 39.9. The SMILES string of the molecule is Cc1cc([C@H](Nc2ccccc2C(=O)O)C2CC2)c2oc(C3=CCN(C(=O)C4CC4)CC3)c(C)c(=O)c2c1. The zero-order valence-electron chi connectivity index (χ0n) is 21.8. The van der Waals surface area contributed by atoms with Crippen molar-refractivity contribution in [1.82, 2.24) is 4.90 Å². The molecule has 2 aromatic carbocycles. The summed E-state index contributed by atoms with van der Waals surface area (Å²) < 4.78 is 6.60. The summed E-state index contributed by atoms with van der Waals surface area (Å²) in [7, 11) is 0. The van der Waals surface area contributed by atoms with Crippen LogP contribution in [-0.2, 0) is 4.79 Å². The molecule has 196 valence electrons. The van der Waals surface area contributed by atoms with Crippen LogP contribution in [0.25, 0.3) is 16.5 Å². The highest BCUT2D eigenvalue weighted by molar-refractivity contribution is 5.94. The number of aromatic carboxylic acids is 1. The number of fused-ring (bicyclic) bond motifs is 1. The van der Waals surface area contributed by atoms with Gasteiger partial charge in [0.2, 0.25) is 5.91 Å². The second-order valence-electron chi connectivity index (χ2n) is 11.0. The van der Waals surface area contributed by atoms with E-state index in [-0.39, 0.29) is 28.9 Å². The normalized spacial score (nSPS) is 18.3. The quantitative estimate of drug-likeness (QED) is 0.421. The maximum Gasteiger partial charge on any atom is 0.337 e. The average Bonchev–Trinajstić information content (AvgIpc) is 3.83. The molecule has 2 aliphatic carbocycles. The van der Waals surface area contributed by atoms with E-state index < -0.39 is 5.97 Å². The van der Waals surface area contributed by atoms with Gasteiger partial charge in [0, 0.05) is 35.8 Å². The molecule has 2 N–H and O–H groups in total. The summed E-state index contributed by atoms with van der Waals surface area (Å²) in [6, 6.07) is 10.7. The van der Waals surface area contributed by atoms with Gasteiger partial charge >= 0.3 is 5.97 Å². The highest BCUT2D eigenvalue weighted by atomic mass is 16.4. The second-order valence-corrected chi connectivity index (χ2v) is 11.0. The van der Waals surface area contributed by atoms with Crippen LogP contribution in [0.2, 0.25) is 0 Å². The minimum Gasteiger partial charge on any atom is -0.478 e. The van der Waals surface area contributed by atoms with Gasteiger partial charge in [-0.15, -0.1) is 0 Å². The Bertz CT molecular complexity index is 1540. The van der Waals surface area contributed by atoms with Gasteiger partial charge in [-0.3, -0.25) is 9.59 Å². The Morgan fingerprint density at radius 2 is 1.87 bits per heavy atom. The monoisotopic (exact) mass is 512 g/mol. The first-order chi connectivity index (χ1) is 18.3. The topological polar surface area (TPSA) is 99.8 Å². The van der Waals surface area contributed by atoms with Crippen molar-refractivity contribution in [3.05, 3.63) is 80.7 Å². The van der Waals surface area contributed by atoms with Crippen LogP contribution in [0.15, 0.2) is 51.7 Å². The molecule has 1 aliphatic heterocycles. The predicted molar refractivity (Wildman–Crippen MR) is 146 cm³/mol. The first kappa shape index (κ1) is 24.5. The molecule has 2 saturated carbocycles. The Kier molecular flexibility index (Phi) is 6.09. The van der Waals surface area contributed by atoms with Gasteiger partial charge in [0.15, 0.2) is 5.43 Å². The second kappa shape index (κ2) is 9.46. The van der Waals surface area contributed by atoms with E-state index in [0.717, 1.165) is 42.4 Å². The van der Waals surface area contributed by atoms with Gasteiger partial charge in [-0.25, -0.2) is 4.79 Å². The van der Waals surface area contributed by atoms with E-state index in [0.29, 0.717) is 53.4 Å². The summed E-state index contributed by atoms with van der Waals surface area (Å²) >= 11 is 0. The summed E-state index contributed by atoms with van der Waals surface area (Å²) in [5.41, 5.74) is 4.64. The van der Waals surface area contributed by atoms with Gasteiger partial charge < -0.3 is 19.7 Å². The number of hydrogen-bond donors (Lipinski definition) is 2. The molecule has 38 heavy (non-hydrogen) atoms. The van der Waals surface area contributed by atoms with Gasteiger partial charge in [-0.05, 0) is 81.2 Å². The van der Waals surface area contributed by atoms with Crippen LogP contribution in [0, 0.1) is 25.7 Å². The predicted octanol–water partition coefficient (Wildman–Crippen LogP) is 5.70. The number of carbonyl (C=O) groups excluding carboxylic acids is 1. The zero-order chi connectivity index (χ0) is 26.6. The summed E-state index contributed by atoms with van der Waals surface area (Å²) in [6.07, 6.45) is 6.67. The van der Waals surface area contributed by atoms with Crippen LogP contribution >= 0.6 is 0 Å². The number of benzene rings is 2. The molecule has 1 atom stereocenters. The highest BCUT2D eigenvalue weighted by Crippen LogP contribution is 2.45. The number of carbonyl (C=O) groups is 2. The fraction of sp³-hybridized carbons (Fsp3) is 0.387. The Hall–Kier alpha value is -3.87. The Morgan fingerprint density at radius 1 is 1.11 bits per heavy atom. The van der Waals surface area contributed by atoms with Crippen molar-refractivity contribution in [2.75, 3.05) is 18.4 Å². The molecule has 2 heterocycles. The molecule has 1 amide bonds. The lowest BCUT2D eigenvalue weighted by Crippen LogP contribution is -2.35. The average molecular weight is 513 g/mol. The van der Waals surface area contributed by atoms with Gasteiger partial charge in [-0.1, -0.05) is 24.3 Å². The number of nitrogens with zero attached hydrogens (tertiary/aromatic N) is 1. The fourth-order valence-corrected chi connectivity index (χ4v) is 5.61. The number of carboxylic acids is 1. The van der Waals surface area contributed by atoms with Gasteiger partial charge in [0.25, 0.3) is 0 Å². The number of nitrogens with one attached hydrogen (secondary N) is 1. The van der Waals surface area contributed by atoms with Gasteiger partial charge in [0.05, 0.1) is 17.0 Å². The molecule has 3 aromatic rings. The molecule has 7 nitrogen and oxygen atoms in total. The summed E-state index contributed by atoms with van der Waals surface area (Å²) in [6.45, 7) is 4.94. The molecule has 1 aromatic heterocycles. The maximum absolute atomic E-state index is 13.6. The van der Waals surface area contributed by atoms with Crippen molar-refractivity contribution in [2.45, 2.75) is 52.0 Å². The number of para-hydroxylation sites is 1. The number of anilines is 1. The van der Waals surface area contributed by atoms with Crippen LogP contribution in [0.5, 0.6) is 0 Å².